The number of rotatable bonds is 8. The molecule has 3 rings (SSSR count). The van der Waals surface area contributed by atoms with Crippen molar-refractivity contribution in [1.82, 2.24) is 0 Å². The van der Waals surface area contributed by atoms with Crippen molar-refractivity contribution in [2.75, 3.05) is 35.7 Å². The lowest BCUT2D eigenvalue weighted by Crippen LogP contribution is -2.36. The van der Waals surface area contributed by atoms with Gasteiger partial charge in [-0.25, -0.2) is 0 Å². The van der Waals surface area contributed by atoms with E-state index in [9.17, 15) is 9.59 Å². The van der Waals surface area contributed by atoms with Crippen molar-refractivity contribution in [3.63, 3.8) is 0 Å². The quantitative estimate of drug-likeness (QED) is 0.657. The molecule has 29 heavy (non-hydrogen) atoms. The lowest BCUT2D eigenvalue weighted by molar-refractivity contribution is -0.131. The molecule has 2 N–H and O–H groups in total. The first-order valence-corrected chi connectivity index (χ1v) is 10.1. The number of methoxy groups -OCH3 is 1. The van der Waals surface area contributed by atoms with E-state index in [2.05, 4.69) is 35.4 Å². The minimum Gasteiger partial charge on any atom is -0.495 e. The summed E-state index contributed by atoms with van der Waals surface area (Å²) in [5, 5.41) is 5.81. The number of ether oxygens (including phenoxy) is 1. The second-order valence-corrected chi connectivity index (χ2v) is 7.36. The SMILES string of the molecule is CCN(CC)c1ccc(NC(=O)C2(C(=O)Nc3ccccc3OC)CC2)c(C)c1. The van der Waals surface area contributed by atoms with E-state index in [1.807, 2.05) is 31.2 Å². The van der Waals surface area contributed by atoms with Crippen LogP contribution in [0.2, 0.25) is 0 Å². The molecule has 1 fully saturated rings. The number of anilines is 3. The van der Waals surface area contributed by atoms with E-state index < -0.39 is 5.41 Å². The second kappa shape index (κ2) is 8.55. The fourth-order valence-corrected chi connectivity index (χ4v) is 3.49. The van der Waals surface area contributed by atoms with Crippen molar-refractivity contribution in [2.45, 2.75) is 33.6 Å². The number of nitrogens with one attached hydrogen (secondary N) is 2. The van der Waals surface area contributed by atoms with Gasteiger partial charge in [0.25, 0.3) is 0 Å². The fraction of sp³-hybridized carbons (Fsp3) is 0.391. The van der Waals surface area contributed by atoms with Gasteiger partial charge in [-0.1, -0.05) is 12.1 Å². The molecule has 0 unspecified atom stereocenters. The molecule has 1 aliphatic rings. The Hall–Kier alpha value is -3.02. The maximum absolute atomic E-state index is 13.0. The minimum absolute atomic E-state index is 0.261. The first kappa shape index (κ1) is 20.7. The molecule has 0 atom stereocenters. The van der Waals surface area contributed by atoms with Gasteiger partial charge in [-0.15, -0.1) is 0 Å². The van der Waals surface area contributed by atoms with Crippen molar-refractivity contribution in [3.05, 3.63) is 48.0 Å². The fourth-order valence-electron chi connectivity index (χ4n) is 3.49. The zero-order valence-electron chi connectivity index (χ0n) is 17.5. The van der Waals surface area contributed by atoms with Crippen LogP contribution in [0.15, 0.2) is 42.5 Å². The van der Waals surface area contributed by atoms with Crippen LogP contribution in [0, 0.1) is 12.3 Å². The van der Waals surface area contributed by atoms with E-state index in [1.54, 1.807) is 19.2 Å². The standard InChI is InChI=1S/C23H29N3O3/c1-5-26(6-2)17-11-12-18(16(3)15-17)24-21(27)23(13-14-23)22(28)25-19-9-7-8-10-20(19)29-4/h7-12,15H,5-6,13-14H2,1-4H3,(H,24,27)(H,25,28). The Morgan fingerprint density at radius 2 is 1.62 bits per heavy atom. The van der Waals surface area contributed by atoms with Crippen LogP contribution in [0.1, 0.15) is 32.3 Å². The van der Waals surface area contributed by atoms with Gasteiger partial charge in [0.2, 0.25) is 11.8 Å². The van der Waals surface area contributed by atoms with Crippen LogP contribution in [0.5, 0.6) is 5.75 Å². The topological polar surface area (TPSA) is 70.7 Å². The summed E-state index contributed by atoms with van der Waals surface area (Å²) < 4.78 is 5.28. The number of amides is 2. The van der Waals surface area contributed by atoms with Gasteiger partial charge in [-0.2, -0.15) is 0 Å². The van der Waals surface area contributed by atoms with Crippen LogP contribution >= 0.6 is 0 Å². The first-order chi connectivity index (χ1) is 13.9. The summed E-state index contributed by atoms with van der Waals surface area (Å²) in [5.41, 5.74) is 2.38. The van der Waals surface area contributed by atoms with Gasteiger partial charge < -0.3 is 20.3 Å². The second-order valence-electron chi connectivity index (χ2n) is 7.36. The van der Waals surface area contributed by atoms with Crippen molar-refractivity contribution >= 4 is 28.9 Å². The number of carbonyl (C=O) groups is 2. The van der Waals surface area contributed by atoms with E-state index in [0.29, 0.717) is 24.3 Å². The van der Waals surface area contributed by atoms with Crippen LogP contribution in [0.3, 0.4) is 0 Å². The average Bonchev–Trinajstić information content (AvgIpc) is 3.53. The Balaban J connectivity index is 1.72. The number of para-hydroxylation sites is 2. The van der Waals surface area contributed by atoms with Crippen LogP contribution < -0.4 is 20.3 Å². The number of carbonyl (C=O) groups excluding carboxylic acids is 2. The van der Waals surface area contributed by atoms with Gasteiger partial charge in [0, 0.05) is 24.5 Å². The number of hydrogen-bond donors (Lipinski definition) is 2. The first-order valence-electron chi connectivity index (χ1n) is 10.1. The molecular formula is C23H29N3O3. The molecule has 0 spiro atoms. The lowest BCUT2D eigenvalue weighted by atomic mass is 10.0. The average molecular weight is 396 g/mol. The number of aryl methyl sites for hydroxylation is 1. The van der Waals surface area contributed by atoms with Crippen molar-refractivity contribution in [3.8, 4) is 5.75 Å². The molecule has 0 bridgehead atoms. The highest BCUT2D eigenvalue weighted by molar-refractivity contribution is 6.17. The highest BCUT2D eigenvalue weighted by atomic mass is 16.5. The van der Waals surface area contributed by atoms with Crippen LogP contribution in [0.4, 0.5) is 17.1 Å². The summed E-state index contributed by atoms with van der Waals surface area (Å²) in [5.74, 6) is 0.0143. The molecule has 6 nitrogen and oxygen atoms in total. The predicted molar refractivity (Wildman–Crippen MR) is 117 cm³/mol. The Labute approximate surface area is 172 Å². The summed E-state index contributed by atoms with van der Waals surface area (Å²) in [7, 11) is 1.55. The maximum Gasteiger partial charge on any atom is 0.240 e. The number of benzene rings is 2. The number of nitrogens with zero attached hydrogens (tertiary/aromatic N) is 1. The van der Waals surface area contributed by atoms with Gasteiger partial charge in [-0.3, -0.25) is 9.59 Å². The van der Waals surface area contributed by atoms with Crippen molar-refractivity contribution in [1.29, 1.82) is 0 Å². The van der Waals surface area contributed by atoms with E-state index >= 15 is 0 Å². The van der Waals surface area contributed by atoms with Crippen LogP contribution in [-0.2, 0) is 9.59 Å². The Kier molecular flexibility index (Phi) is 6.11. The normalized spacial score (nSPS) is 14.1. The smallest absolute Gasteiger partial charge is 0.240 e. The van der Waals surface area contributed by atoms with Crippen molar-refractivity contribution in [2.24, 2.45) is 5.41 Å². The largest absolute Gasteiger partial charge is 0.495 e. The van der Waals surface area contributed by atoms with E-state index in [4.69, 9.17) is 4.74 Å². The van der Waals surface area contributed by atoms with E-state index in [0.717, 1.165) is 30.0 Å². The Morgan fingerprint density at radius 3 is 2.17 bits per heavy atom. The predicted octanol–water partition coefficient (Wildman–Crippen LogP) is 4.21. The highest BCUT2D eigenvalue weighted by Crippen LogP contribution is 2.48. The molecule has 154 valence electrons. The van der Waals surface area contributed by atoms with Gasteiger partial charge >= 0.3 is 0 Å². The number of hydrogen-bond acceptors (Lipinski definition) is 4. The zero-order valence-corrected chi connectivity index (χ0v) is 17.5. The van der Waals surface area contributed by atoms with Gasteiger partial charge in [-0.05, 0) is 69.5 Å². The zero-order chi connectivity index (χ0) is 21.0. The molecule has 0 aliphatic heterocycles. The van der Waals surface area contributed by atoms with Crippen LogP contribution in [0.25, 0.3) is 0 Å². The Morgan fingerprint density at radius 1 is 1.00 bits per heavy atom. The van der Waals surface area contributed by atoms with Gasteiger partial charge in [0.05, 0.1) is 12.8 Å². The van der Waals surface area contributed by atoms with E-state index in [1.165, 1.54) is 0 Å². The van der Waals surface area contributed by atoms with Gasteiger partial charge in [0.15, 0.2) is 0 Å². The summed E-state index contributed by atoms with van der Waals surface area (Å²) >= 11 is 0. The summed E-state index contributed by atoms with van der Waals surface area (Å²) in [6.07, 6.45) is 1.08. The van der Waals surface area contributed by atoms with Crippen molar-refractivity contribution < 1.29 is 14.3 Å². The maximum atomic E-state index is 13.0. The molecule has 1 aliphatic carbocycles. The molecule has 0 heterocycles. The van der Waals surface area contributed by atoms with E-state index in [-0.39, 0.29) is 11.8 Å². The molecule has 6 heteroatoms. The van der Waals surface area contributed by atoms with Crippen LogP contribution in [-0.4, -0.2) is 32.0 Å². The third-order valence-corrected chi connectivity index (χ3v) is 5.56. The molecule has 2 amide bonds. The molecular weight excluding hydrogens is 366 g/mol. The summed E-state index contributed by atoms with van der Waals surface area (Å²) in [4.78, 5) is 28.1. The monoisotopic (exact) mass is 395 g/mol. The molecule has 2 aromatic rings. The molecule has 2 aromatic carbocycles. The van der Waals surface area contributed by atoms with Gasteiger partial charge in [0.1, 0.15) is 11.2 Å². The summed E-state index contributed by atoms with van der Waals surface area (Å²) in [6.45, 7) is 8.05. The minimum atomic E-state index is -1.02. The molecule has 1 saturated carbocycles. The Bertz CT molecular complexity index is 902. The highest BCUT2D eigenvalue weighted by Gasteiger charge is 2.56. The summed E-state index contributed by atoms with van der Waals surface area (Å²) in [6, 6.07) is 13.2. The molecule has 0 aromatic heterocycles. The molecule has 0 saturated heterocycles. The third-order valence-electron chi connectivity index (χ3n) is 5.56. The lowest BCUT2D eigenvalue weighted by Gasteiger charge is -2.23. The molecule has 0 radical (unpaired) electrons. The third kappa shape index (κ3) is 4.21.